The molecular formula is C18H25ClN6O2. The number of nitrogens with zero attached hydrogens (tertiary/aromatic N) is 3. The summed E-state index contributed by atoms with van der Waals surface area (Å²) in [4.78, 5) is 28.3. The molecule has 0 aliphatic heterocycles. The van der Waals surface area contributed by atoms with E-state index in [0.29, 0.717) is 13.0 Å². The second-order valence-electron chi connectivity index (χ2n) is 6.64. The fourth-order valence-corrected chi connectivity index (χ4v) is 3.11. The van der Waals surface area contributed by atoms with Crippen molar-refractivity contribution in [2.75, 3.05) is 5.32 Å². The van der Waals surface area contributed by atoms with Crippen LogP contribution >= 0.6 is 12.4 Å². The summed E-state index contributed by atoms with van der Waals surface area (Å²) in [5.41, 5.74) is 6.95. The number of amides is 2. The summed E-state index contributed by atoms with van der Waals surface area (Å²) in [7, 11) is 0. The van der Waals surface area contributed by atoms with Gasteiger partial charge in [-0.15, -0.1) is 17.5 Å². The highest BCUT2D eigenvalue weighted by Crippen LogP contribution is 2.23. The Bertz CT molecular complexity index is 751. The Balaban J connectivity index is 0.00000261. The number of halogens is 1. The number of hydrogen-bond acceptors (Lipinski definition) is 5. The van der Waals surface area contributed by atoms with Crippen LogP contribution in [0.5, 0.6) is 0 Å². The third kappa shape index (κ3) is 6.33. The predicted octanol–water partition coefficient (Wildman–Crippen LogP) is 1.47. The van der Waals surface area contributed by atoms with Crippen molar-refractivity contribution in [3.8, 4) is 0 Å². The van der Waals surface area contributed by atoms with Crippen LogP contribution in [0, 0.1) is 5.92 Å². The lowest BCUT2D eigenvalue weighted by molar-refractivity contribution is -0.122. The monoisotopic (exact) mass is 392 g/mol. The fraction of sp³-hybridized carbons (Fsp3) is 0.444. The number of carbonyl (C=O) groups is 2. The summed E-state index contributed by atoms with van der Waals surface area (Å²) in [6, 6.07) is 9.75. The van der Waals surface area contributed by atoms with Gasteiger partial charge < -0.3 is 11.1 Å². The first-order valence-corrected chi connectivity index (χ1v) is 8.86. The first kappa shape index (κ1) is 20.9. The second-order valence-corrected chi connectivity index (χ2v) is 6.64. The van der Waals surface area contributed by atoms with E-state index < -0.39 is 0 Å². The van der Waals surface area contributed by atoms with Gasteiger partial charge in [0.1, 0.15) is 12.9 Å². The normalized spacial score (nSPS) is 19.0. The van der Waals surface area contributed by atoms with Crippen LogP contribution in [-0.4, -0.2) is 32.6 Å². The summed E-state index contributed by atoms with van der Waals surface area (Å²) in [5, 5.41) is 9.68. The number of carbonyl (C=O) groups excluding carboxylic acids is 2. The smallest absolute Gasteiger partial charge is 0.248 e. The standard InChI is InChI=1S/C18H24N6O2.ClH/c19-15-8-4-7-14(9-15)17(26)22-18-21-12-24(23-18)11-16(25)20-10-13-5-2-1-3-6-13;/h1-3,5-6,12,14-15H,4,7-11,19H2,(H,20,25)(H,22,23,26);1H. The molecule has 27 heavy (non-hydrogen) atoms. The molecule has 0 radical (unpaired) electrons. The Hall–Kier alpha value is -2.45. The maximum atomic E-state index is 12.3. The molecular weight excluding hydrogens is 368 g/mol. The highest BCUT2D eigenvalue weighted by molar-refractivity contribution is 5.91. The van der Waals surface area contributed by atoms with Crippen molar-refractivity contribution in [3.05, 3.63) is 42.2 Å². The zero-order valence-corrected chi connectivity index (χ0v) is 15.8. The molecule has 0 spiro atoms. The Labute approximate surface area is 164 Å². The van der Waals surface area contributed by atoms with Gasteiger partial charge in [-0.25, -0.2) is 9.67 Å². The maximum absolute atomic E-state index is 12.3. The van der Waals surface area contributed by atoms with E-state index in [1.54, 1.807) is 0 Å². The van der Waals surface area contributed by atoms with Gasteiger partial charge in [0, 0.05) is 18.5 Å². The van der Waals surface area contributed by atoms with Crippen molar-refractivity contribution < 1.29 is 9.59 Å². The molecule has 2 atom stereocenters. The van der Waals surface area contributed by atoms with Gasteiger partial charge in [0.05, 0.1) is 0 Å². The highest BCUT2D eigenvalue weighted by atomic mass is 35.5. The lowest BCUT2D eigenvalue weighted by Crippen LogP contribution is -2.34. The zero-order chi connectivity index (χ0) is 18.4. The van der Waals surface area contributed by atoms with Crippen LogP contribution in [0.2, 0.25) is 0 Å². The zero-order valence-electron chi connectivity index (χ0n) is 15.0. The molecule has 2 aromatic rings. The molecule has 1 aromatic carbocycles. The molecule has 9 heteroatoms. The molecule has 1 aliphatic rings. The minimum atomic E-state index is -0.171. The minimum absolute atomic E-state index is 0. The van der Waals surface area contributed by atoms with Crippen molar-refractivity contribution in [1.82, 2.24) is 20.1 Å². The fourth-order valence-electron chi connectivity index (χ4n) is 3.11. The van der Waals surface area contributed by atoms with Crippen LogP contribution in [0.3, 0.4) is 0 Å². The van der Waals surface area contributed by atoms with Gasteiger partial charge in [-0.1, -0.05) is 36.8 Å². The molecule has 146 valence electrons. The van der Waals surface area contributed by atoms with Crippen LogP contribution in [0.1, 0.15) is 31.2 Å². The van der Waals surface area contributed by atoms with E-state index in [1.165, 1.54) is 11.0 Å². The number of hydrogen-bond donors (Lipinski definition) is 3. The summed E-state index contributed by atoms with van der Waals surface area (Å²) < 4.78 is 1.41. The molecule has 8 nitrogen and oxygen atoms in total. The Kier molecular flexibility index (Phi) is 7.75. The van der Waals surface area contributed by atoms with Gasteiger partial charge in [0.25, 0.3) is 0 Å². The quantitative estimate of drug-likeness (QED) is 0.688. The molecule has 1 aliphatic carbocycles. The molecule has 0 saturated heterocycles. The largest absolute Gasteiger partial charge is 0.350 e. The number of anilines is 1. The SMILES string of the molecule is Cl.NC1CCCC(C(=O)Nc2ncn(CC(=O)NCc3ccccc3)n2)C1. The number of nitrogens with two attached hydrogens (primary N) is 1. The van der Waals surface area contributed by atoms with Gasteiger partial charge in [-0.3, -0.25) is 14.9 Å². The molecule has 4 N–H and O–H groups in total. The van der Waals surface area contributed by atoms with Crippen molar-refractivity contribution >= 4 is 30.2 Å². The van der Waals surface area contributed by atoms with Gasteiger partial charge >= 0.3 is 0 Å². The molecule has 1 aromatic heterocycles. The van der Waals surface area contributed by atoms with Crippen molar-refractivity contribution in [2.24, 2.45) is 11.7 Å². The van der Waals surface area contributed by atoms with Crippen molar-refractivity contribution in [2.45, 2.75) is 44.8 Å². The van der Waals surface area contributed by atoms with Gasteiger partial charge in [0.15, 0.2) is 0 Å². The first-order chi connectivity index (χ1) is 12.6. The first-order valence-electron chi connectivity index (χ1n) is 8.86. The third-order valence-electron chi connectivity index (χ3n) is 4.50. The molecule has 1 saturated carbocycles. The van der Waals surface area contributed by atoms with E-state index in [2.05, 4.69) is 20.7 Å². The minimum Gasteiger partial charge on any atom is -0.350 e. The number of aromatic nitrogens is 3. The van der Waals surface area contributed by atoms with Crippen LogP contribution in [0.4, 0.5) is 5.95 Å². The van der Waals surface area contributed by atoms with E-state index in [-0.39, 0.29) is 48.7 Å². The van der Waals surface area contributed by atoms with Crippen LogP contribution < -0.4 is 16.4 Å². The van der Waals surface area contributed by atoms with E-state index in [0.717, 1.165) is 24.8 Å². The van der Waals surface area contributed by atoms with E-state index in [4.69, 9.17) is 5.73 Å². The number of nitrogens with one attached hydrogen (secondary N) is 2. The lowest BCUT2D eigenvalue weighted by Gasteiger charge is -2.25. The number of rotatable bonds is 6. The van der Waals surface area contributed by atoms with Gasteiger partial charge in [0.2, 0.25) is 17.8 Å². The van der Waals surface area contributed by atoms with E-state index in [9.17, 15) is 9.59 Å². The summed E-state index contributed by atoms with van der Waals surface area (Å²) in [6.45, 7) is 0.504. The second kappa shape index (κ2) is 10.0. The van der Waals surface area contributed by atoms with Crippen molar-refractivity contribution in [3.63, 3.8) is 0 Å². The van der Waals surface area contributed by atoms with Crippen molar-refractivity contribution in [1.29, 1.82) is 0 Å². The molecule has 2 unspecified atom stereocenters. The summed E-state index contributed by atoms with van der Waals surface area (Å²) >= 11 is 0. The molecule has 2 amide bonds. The molecule has 3 rings (SSSR count). The van der Waals surface area contributed by atoms with Crippen LogP contribution in [-0.2, 0) is 22.7 Å². The third-order valence-corrected chi connectivity index (χ3v) is 4.50. The molecule has 0 bridgehead atoms. The topological polar surface area (TPSA) is 115 Å². The Morgan fingerprint density at radius 3 is 2.74 bits per heavy atom. The predicted molar refractivity (Wildman–Crippen MR) is 104 cm³/mol. The van der Waals surface area contributed by atoms with Gasteiger partial charge in [-0.05, 0) is 24.8 Å². The van der Waals surface area contributed by atoms with Gasteiger partial charge in [-0.2, -0.15) is 0 Å². The van der Waals surface area contributed by atoms with E-state index >= 15 is 0 Å². The molecule has 1 fully saturated rings. The highest BCUT2D eigenvalue weighted by Gasteiger charge is 2.26. The Morgan fingerprint density at radius 2 is 2.00 bits per heavy atom. The number of benzene rings is 1. The maximum Gasteiger partial charge on any atom is 0.248 e. The van der Waals surface area contributed by atoms with E-state index in [1.807, 2.05) is 30.3 Å². The van der Waals surface area contributed by atoms with Crippen LogP contribution in [0.15, 0.2) is 36.7 Å². The van der Waals surface area contributed by atoms with Crippen LogP contribution in [0.25, 0.3) is 0 Å². The average Bonchev–Trinajstić information content (AvgIpc) is 3.07. The average molecular weight is 393 g/mol. The lowest BCUT2D eigenvalue weighted by atomic mass is 9.85. The summed E-state index contributed by atoms with van der Waals surface area (Å²) in [6.07, 6.45) is 4.89. The Morgan fingerprint density at radius 1 is 1.22 bits per heavy atom. The summed E-state index contributed by atoms with van der Waals surface area (Å²) in [5.74, 6) is -0.161. The molecule has 1 heterocycles.